The maximum Gasteiger partial charge on any atom is 0.275 e. The van der Waals surface area contributed by atoms with Crippen LogP contribution in [0.25, 0.3) is 0 Å². The summed E-state index contributed by atoms with van der Waals surface area (Å²) in [6.07, 6.45) is 2.26. The minimum absolute atomic E-state index is 0.0400. The van der Waals surface area contributed by atoms with E-state index in [4.69, 9.17) is 0 Å². The van der Waals surface area contributed by atoms with Gasteiger partial charge >= 0.3 is 0 Å². The number of hydrogen-bond acceptors (Lipinski definition) is 2. The molecular formula is C10H18BrNO2. The Kier molecular flexibility index (Phi) is 2.72. The lowest BCUT2D eigenvalue weighted by Crippen LogP contribution is -2.46. The van der Waals surface area contributed by atoms with Crippen molar-refractivity contribution < 1.29 is 4.92 Å². The van der Waals surface area contributed by atoms with Crippen LogP contribution in [-0.2, 0) is 0 Å². The molecule has 0 bridgehead atoms. The van der Waals surface area contributed by atoms with E-state index in [1.807, 2.05) is 0 Å². The second kappa shape index (κ2) is 3.19. The van der Waals surface area contributed by atoms with Gasteiger partial charge in [-0.25, -0.2) is 0 Å². The summed E-state index contributed by atoms with van der Waals surface area (Å²) in [7, 11) is 0. The molecule has 0 N–H and O–H groups in total. The maximum atomic E-state index is 11.0. The van der Waals surface area contributed by atoms with Crippen molar-refractivity contribution in [3.63, 3.8) is 0 Å². The highest BCUT2D eigenvalue weighted by molar-refractivity contribution is 9.10. The van der Waals surface area contributed by atoms with Gasteiger partial charge in [-0.3, -0.25) is 10.1 Å². The Balaban J connectivity index is 2.97. The molecule has 1 aliphatic rings. The van der Waals surface area contributed by atoms with Crippen molar-refractivity contribution in [2.24, 2.45) is 10.8 Å². The molecule has 1 fully saturated rings. The number of rotatable bonds is 1. The first-order valence-electron chi connectivity index (χ1n) is 4.90. The van der Waals surface area contributed by atoms with Crippen LogP contribution in [0.4, 0.5) is 0 Å². The topological polar surface area (TPSA) is 43.1 Å². The summed E-state index contributed by atoms with van der Waals surface area (Å²) >= 11 is 3.31. The quantitative estimate of drug-likeness (QED) is 0.314. The molecule has 0 saturated heterocycles. The van der Waals surface area contributed by atoms with Gasteiger partial charge in [0.1, 0.15) is 0 Å². The zero-order chi connectivity index (χ0) is 11.2. The molecule has 0 aliphatic heterocycles. The fraction of sp³-hybridized carbons (Fsp3) is 1.00. The monoisotopic (exact) mass is 263 g/mol. The van der Waals surface area contributed by atoms with Gasteiger partial charge in [-0.05, 0) is 17.3 Å². The minimum Gasteiger partial charge on any atom is -0.263 e. The van der Waals surface area contributed by atoms with Gasteiger partial charge in [0, 0.05) is 33.7 Å². The molecule has 0 heterocycles. The third-order valence-corrected chi connectivity index (χ3v) is 3.63. The highest BCUT2D eigenvalue weighted by Crippen LogP contribution is 2.53. The number of nitrogens with zero attached hydrogens (tertiary/aromatic N) is 1. The van der Waals surface area contributed by atoms with Crippen molar-refractivity contribution in [1.29, 1.82) is 0 Å². The van der Waals surface area contributed by atoms with Gasteiger partial charge in [-0.1, -0.05) is 27.7 Å². The fourth-order valence-corrected chi connectivity index (χ4v) is 4.60. The molecule has 14 heavy (non-hydrogen) atoms. The lowest BCUT2D eigenvalue weighted by atomic mass is 9.63. The Morgan fingerprint density at radius 3 is 1.71 bits per heavy atom. The predicted molar refractivity (Wildman–Crippen MR) is 60.1 cm³/mol. The lowest BCUT2D eigenvalue weighted by Gasteiger charge is -2.44. The minimum atomic E-state index is -0.918. The molecule has 0 unspecified atom stereocenters. The SMILES string of the molecule is CC1(C)CC(C)(C)CC(Br)([N+](=O)[O-])C1. The number of alkyl halides is 1. The smallest absolute Gasteiger partial charge is 0.263 e. The summed E-state index contributed by atoms with van der Waals surface area (Å²) in [5.74, 6) is 0. The summed E-state index contributed by atoms with van der Waals surface area (Å²) in [4.78, 5) is 10.8. The fourth-order valence-electron chi connectivity index (χ4n) is 3.08. The lowest BCUT2D eigenvalue weighted by molar-refractivity contribution is -0.546. The van der Waals surface area contributed by atoms with Crippen LogP contribution in [-0.4, -0.2) is 9.37 Å². The van der Waals surface area contributed by atoms with Gasteiger partial charge in [0.2, 0.25) is 0 Å². The van der Waals surface area contributed by atoms with Crippen LogP contribution in [0.1, 0.15) is 47.0 Å². The third kappa shape index (κ3) is 2.47. The average molecular weight is 264 g/mol. The Morgan fingerprint density at radius 2 is 1.43 bits per heavy atom. The second-order valence-electron chi connectivity index (χ2n) is 6.03. The van der Waals surface area contributed by atoms with E-state index >= 15 is 0 Å². The van der Waals surface area contributed by atoms with Crippen LogP contribution in [0.15, 0.2) is 0 Å². The van der Waals surface area contributed by atoms with E-state index in [9.17, 15) is 10.1 Å². The van der Waals surface area contributed by atoms with Gasteiger partial charge in [0.15, 0.2) is 0 Å². The Morgan fingerprint density at radius 1 is 1.07 bits per heavy atom. The Labute approximate surface area is 93.5 Å². The first kappa shape index (κ1) is 12.0. The molecule has 0 radical (unpaired) electrons. The highest BCUT2D eigenvalue weighted by Gasteiger charge is 2.53. The second-order valence-corrected chi connectivity index (χ2v) is 7.51. The normalized spacial score (nSPS) is 28.4. The highest BCUT2D eigenvalue weighted by atomic mass is 79.9. The molecule has 0 atom stereocenters. The van der Waals surface area contributed by atoms with Gasteiger partial charge in [-0.2, -0.15) is 0 Å². The molecule has 4 heteroatoms. The van der Waals surface area contributed by atoms with E-state index in [1.54, 1.807) is 0 Å². The summed E-state index contributed by atoms with van der Waals surface area (Å²) in [6, 6.07) is 0. The van der Waals surface area contributed by atoms with Gasteiger partial charge < -0.3 is 0 Å². The summed E-state index contributed by atoms with van der Waals surface area (Å²) in [5, 5.41) is 11.0. The molecule has 3 nitrogen and oxygen atoms in total. The average Bonchev–Trinajstić information content (AvgIpc) is 1.76. The first-order chi connectivity index (χ1) is 6.06. The van der Waals surface area contributed by atoms with Crippen molar-refractivity contribution in [3.8, 4) is 0 Å². The van der Waals surface area contributed by atoms with Gasteiger partial charge in [-0.15, -0.1) is 0 Å². The predicted octanol–water partition coefficient (Wildman–Crippen LogP) is 3.59. The maximum absolute atomic E-state index is 11.0. The number of nitro groups is 1. The van der Waals surface area contributed by atoms with E-state index in [1.165, 1.54) is 0 Å². The standard InChI is InChI=1S/C10H18BrNO2/c1-8(2)5-9(3,4)7-10(11,6-8)12(13)14/h5-7H2,1-4H3. The first-order valence-corrected chi connectivity index (χ1v) is 5.69. The van der Waals surface area contributed by atoms with E-state index in [2.05, 4.69) is 43.6 Å². The van der Waals surface area contributed by atoms with Crippen molar-refractivity contribution >= 4 is 15.9 Å². The molecule has 0 aromatic carbocycles. The summed E-state index contributed by atoms with van der Waals surface area (Å²) in [5.41, 5.74) is 0.0800. The summed E-state index contributed by atoms with van der Waals surface area (Å²) in [6.45, 7) is 8.42. The zero-order valence-electron chi connectivity index (χ0n) is 9.26. The Hall–Kier alpha value is -0.120. The van der Waals surface area contributed by atoms with Crippen molar-refractivity contribution in [1.82, 2.24) is 0 Å². The molecular weight excluding hydrogens is 246 g/mol. The van der Waals surface area contributed by atoms with Crippen LogP contribution in [0, 0.1) is 20.9 Å². The largest absolute Gasteiger partial charge is 0.275 e. The van der Waals surface area contributed by atoms with Crippen LogP contribution in [0.3, 0.4) is 0 Å². The summed E-state index contributed by atoms with van der Waals surface area (Å²) < 4.78 is -0.918. The molecule has 82 valence electrons. The molecule has 0 amide bonds. The number of hydrogen-bond donors (Lipinski definition) is 0. The Bertz CT molecular complexity index is 245. The van der Waals surface area contributed by atoms with Gasteiger partial charge in [0.25, 0.3) is 4.45 Å². The molecule has 1 saturated carbocycles. The molecule has 0 aromatic heterocycles. The van der Waals surface area contributed by atoms with E-state index in [0.717, 1.165) is 6.42 Å². The van der Waals surface area contributed by atoms with Crippen LogP contribution in [0.2, 0.25) is 0 Å². The van der Waals surface area contributed by atoms with Crippen molar-refractivity contribution in [2.75, 3.05) is 0 Å². The van der Waals surface area contributed by atoms with Crippen LogP contribution < -0.4 is 0 Å². The molecule has 1 aliphatic carbocycles. The van der Waals surface area contributed by atoms with E-state index in [-0.39, 0.29) is 15.8 Å². The molecule has 0 aromatic rings. The van der Waals surface area contributed by atoms with Crippen molar-refractivity contribution in [2.45, 2.75) is 51.4 Å². The number of halogens is 1. The zero-order valence-corrected chi connectivity index (χ0v) is 10.8. The molecule has 1 rings (SSSR count). The van der Waals surface area contributed by atoms with Crippen LogP contribution in [0.5, 0.6) is 0 Å². The third-order valence-electron chi connectivity index (χ3n) is 2.78. The van der Waals surface area contributed by atoms with E-state index < -0.39 is 4.45 Å². The van der Waals surface area contributed by atoms with Gasteiger partial charge in [0.05, 0.1) is 0 Å². The molecule has 0 spiro atoms. The van der Waals surface area contributed by atoms with Crippen LogP contribution >= 0.6 is 15.9 Å². The van der Waals surface area contributed by atoms with Crippen molar-refractivity contribution in [3.05, 3.63) is 10.1 Å². The van der Waals surface area contributed by atoms with E-state index in [0.29, 0.717) is 12.8 Å².